The standard InChI is InChI=1S/C17H19N3O3/c21-16-9-8-15(18-19-16)17(22)20-10-11-23-14(12-20)7-6-13-4-2-1-3-5-13/h1-5,8-9,14H,6-7,10-12H2,(H,19,21). The van der Waals surface area contributed by atoms with Gasteiger partial charge in [0.2, 0.25) is 0 Å². The predicted molar refractivity (Wildman–Crippen MR) is 85.3 cm³/mol. The van der Waals surface area contributed by atoms with Crippen molar-refractivity contribution in [1.29, 1.82) is 0 Å². The molecule has 0 radical (unpaired) electrons. The molecule has 1 aliphatic rings. The third-order valence-electron chi connectivity index (χ3n) is 3.92. The van der Waals surface area contributed by atoms with Crippen molar-refractivity contribution in [3.8, 4) is 0 Å². The lowest BCUT2D eigenvalue weighted by Gasteiger charge is -2.32. The van der Waals surface area contributed by atoms with Crippen LogP contribution >= 0.6 is 0 Å². The van der Waals surface area contributed by atoms with Gasteiger partial charge in [0.25, 0.3) is 11.5 Å². The van der Waals surface area contributed by atoms with Crippen molar-refractivity contribution in [3.05, 3.63) is 64.1 Å². The van der Waals surface area contributed by atoms with Crippen LogP contribution in [-0.2, 0) is 11.2 Å². The fraction of sp³-hybridized carbons (Fsp3) is 0.353. The van der Waals surface area contributed by atoms with E-state index in [1.165, 1.54) is 17.7 Å². The fourth-order valence-corrected chi connectivity index (χ4v) is 2.68. The minimum Gasteiger partial charge on any atom is -0.375 e. The van der Waals surface area contributed by atoms with Gasteiger partial charge >= 0.3 is 0 Å². The van der Waals surface area contributed by atoms with Crippen molar-refractivity contribution in [3.63, 3.8) is 0 Å². The molecular weight excluding hydrogens is 294 g/mol. The Morgan fingerprint density at radius 2 is 2.09 bits per heavy atom. The van der Waals surface area contributed by atoms with Crippen LogP contribution in [0.25, 0.3) is 0 Å². The molecule has 6 nitrogen and oxygen atoms in total. The van der Waals surface area contributed by atoms with Crippen molar-refractivity contribution in [2.45, 2.75) is 18.9 Å². The van der Waals surface area contributed by atoms with Gasteiger partial charge in [-0.25, -0.2) is 5.10 Å². The summed E-state index contributed by atoms with van der Waals surface area (Å²) in [7, 11) is 0. The smallest absolute Gasteiger partial charge is 0.274 e. The number of rotatable bonds is 4. The average molecular weight is 313 g/mol. The van der Waals surface area contributed by atoms with E-state index in [9.17, 15) is 9.59 Å². The SMILES string of the molecule is O=C(c1ccc(=O)[nH]n1)N1CCOC(CCc2ccccc2)C1. The Morgan fingerprint density at radius 1 is 1.26 bits per heavy atom. The molecule has 2 heterocycles. The molecule has 1 aromatic carbocycles. The van der Waals surface area contributed by atoms with Crippen LogP contribution in [0.15, 0.2) is 47.3 Å². The summed E-state index contributed by atoms with van der Waals surface area (Å²) >= 11 is 0. The molecular formula is C17H19N3O3. The van der Waals surface area contributed by atoms with E-state index in [-0.39, 0.29) is 23.3 Å². The number of benzene rings is 1. The number of carbonyl (C=O) groups is 1. The molecule has 0 aliphatic carbocycles. The van der Waals surface area contributed by atoms with Crippen molar-refractivity contribution >= 4 is 5.91 Å². The summed E-state index contributed by atoms with van der Waals surface area (Å²) in [5, 5.41) is 6.10. The average Bonchev–Trinajstić information content (AvgIpc) is 2.61. The minimum absolute atomic E-state index is 0.0238. The Kier molecular flexibility index (Phi) is 4.83. The van der Waals surface area contributed by atoms with E-state index in [0.717, 1.165) is 12.8 Å². The molecule has 1 amide bonds. The highest BCUT2D eigenvalue weighted by Gasteiger charge is 2.25. The molecule has 1 atom stereocenters. The first-order chi connectivity index (χ1) is 11.2. The number of amides is 1. The van der Waals surface area contributed by atoms with Crippen molar-refractivity contribution in [2.24, 2.45) is 0 Å². The lowest BCUT2D eigenvalue weighted by molar-refractivity contribution is -0.0248. The third-order valence-corrected chi connectivity index (χ3v) is 3.92. The summed E-state index contributed by atoms with van der Waals surface area (Å²) < 4.78 is 5.76. The number of aromatic amines is 1. The first-order valence-corrected chi connectivity index (χ1v) is 7.73. The van der Waals surface area contributed by atoms with Gasteiger partial charge in [0.05, 0.1) is 12.7 Å². The second kappa shape index (κ2) is 7.19. The zero-order chi connectivity index (χ0) is 16.1. The highest BCUT2D eigenvalue weighted by Crippen LogP contribution is 2.14. The van der Waals surface area contributed by atoms with Gasteiger partial charge in [-0.2, -0.15) is 5.10 Å². The van der Waals surface area contributed by atoms with Gasteiger partial charge < -0.3 is 9.64 Å². The largest absolute Gasteiger partial charge is 0.375 e. The topological polar surface area (TPSA) is 75.3 Å². The number of carbonyl (C=O) groups excluding carboxylic acids is 1. The maximum absolute atomic E-state index is 12.4. The number of aryl methyl sites for hydroxylation is 1. The second-order valence-electron chi connectivity index (χ2n) is 5.57. The number of morpholine rings is 1. The minimum atomic E-state index is -0.315. The highest BCUT2D eigenvalue weighted by molar-refractivity contribution is 5.92. The first kappa shape index (κ1) is 15.4. The number of H-pyrrole nitrogens is 1. The molecule has 2 aromatic rings. The molecule has 23 heavy (non-hydrogen) atoms. The van der Waals surface area contributed by atoms with E-state index in [0.29, 0.717) is 19.7 Å². The van der Waals surface area contributed by atoms with Gasteiger partial charge in [-0.05, 0) is 24.5 Å². The molecule has 6 heteroatoms. The van der Waals surface area contributed by atoms with Crippen LogP contribution in [0.1, 0.15) is 22.5 Å². The summed E-state index contributed by atoms with van der Waals surface area (Å²) in [6.07, 6.45) is 1.81. The monoisotopic (exact) mass is 313 g/mol. The van der Waals surface area contributed by atoms with Gasteiger partial charge in [0.15, 0.2) is 0 Å². The molecule has 0 saturated carbocycles. The Bertz CT molecular complexity index is 694. The van der Waals surface area contributed by atoms with E-state index in [2.05, 4.69) is 22.3 Å². The van der Waals surface area contributed by atoms with Crippen molar-refractivity contribution < 1.29 is 9.53 Å². The van der Waals surface area contributed by atoms with E-state index in [1.54, 1.807) is 4.90 Å². The molecule has 1 unspecified atom stereocenters. The quantitative estimate of drug-likeness (QED) is 0.921. The Hall–Kier alpha value is -2.47. The van der Waals surface area contributed by atoms with Crippen LogP contribution in [0.2, 0.25) is 0 Å². The third kappa shape index (κ3) is 4.04. The fourth-order valence-electron chi connectivity index (χ4n) is 2.68. The van der Waals surface area contributed by atoms with Crippen LogP contribution < -0.4 is 5.56 Å². The summed E-state index contributed by atoms with van der Waals surface area (Å²) in [5.74, 6) is -0.172. The van der Waals surface area contributed by atoms with Gasteiger partial charge in [0, 0.05) is 19.2 Å². The Morgan fingerprint density at radius 3 is 2.83 bits per heavy atom. The van der Waals surface area contributed by atoms with Crippen LogP contribution in [-0.4, -0.2) is 46.8 Å². The second-order valence-corrected chi connectivity index (χ2v) is 5.57. The van der Waals surface area contributed by atoms with Crippen LogP contribution in [0.4, 0.5) is 0 Å². The first-order valence-electron chi connectivity index (χ1n) is 7.73. The molecule has 1 aromatic heterocycles. The summed E-state index contributed by atoms with van der Waals surface area (Å²) in [6.45, 7) is 1.61. The molecule has 120 valence electrons. The van der Waals surface area contributed by atoms with Gasteiger partial charge in [0.1, 0.15) is 5.69 Å². The molecule has 1 aliphatic heterocycles. The molecule has 0 bridgehead atoms. The van der Waals surface area contributed by atoms with Crippen LogP contribution in [0, 0.1) is 0 Å². The Balaban J connectivity index is 1.58. The molecule has 1 fully saturated rings. The lowest BCUT2D eigenvalue weighted by atomic mass is 10.1. The van der Waals surface area contributed by atoms with E-state index < -0.39 is 0 Å². The van der Waals surface area contributed by atoms with Crippen molar-refractivity contribution in [2.75, 3.05) is 19.7 Å². The lowest BCUT2D eigenvalue weighted by Crippen LogP contribution is -2.46. The molecule has 3 rings (SSSR count). The number of ether oxygens (including phenoxy) is 1. The maximum Gasteiger partial charge on any atom is 0.274 e. The number of nitrogens with one attached hydrogen (secondary N) is 1. The number of nitrogens with zero attached hydrogens (tertiary/aromatic N) is 2. The number of hydrogen-bond donors (Lipinski definition) is 1. The van der Waals surface area contributed by atoms with Crippen LogP contribution in [0.3, 0.4) is 0 Å². The zero-order valence-corrected chi connectivity index (χ0v) is 12.8. The zero-order valence-electron chi connectivity index (χ0n) is 12.8. The number of aromatic nitrogens is 2. The van der Waals surface area contributed by atoms with Crippen molar-refractivity contribution in [1.82, 2.24) is 15.1 Å². The molecule has 1 N–H and O–H groups in total. The molecule has 1 saturated heterocycles. The van der Waals surface area contributed by atoms with E-state index >= 15 is 0 Å². The van der Waals surface area contributed by atoms with E-state index in [1.807, 2.05) is 18.2 Å². The highest BCUT2D eigenvalue weighted by atomic mass is 16.5. The van der Waals surface area contributed by atoms with Gasteiger partial charge in [-0.15, -0.1) is 0 Å². The Labute approximate surface area is 134 Å². The summed E-state index contributed by atoms with van der Waals surface area (Å²) in [6, 6.07) is 13.0. The molecule has 0 spiro atoms. The van der Waals surface area contributed by atoms with Crippen LogP contribution in [0.5, 0.6) is 0 Å². The van der Waals surface area contributed by atoms with E-state index in [4.69, 9.17) is 4.74 Å². The normalized spacial score (nSPS) is 17.9. The number of hydrogen-bond acceptors (Lipinski definition) is 4. The van der Waals surface area contributed by atoms with Gasteiger partial charge in [-0.1, -0.05) is 30.3 Å². The van der Waals surface area contributed by atoms with Gasteiger partial charge in [-0.3, -0.25) is 9.59 Å². The predicted octanol–water partition coefficient (Wildman–Crippen LogP) is 1.24. The summed E-state index contributed by atoms with van der Waals surface area (Å²) in [5.41, 5.74) is 1.21. The summed E-state index contributed by atoms with van der Waals surface area (Å²) in [4.78, 5) is 25.2. The maximum atomic E-state index is 12.4.